The highest BCUT2D eigenvalue weighted by Crippen LogP contribution is 2.35. The molecule has 1 aromatic carbocycles. The van der Waals surface area contributed by atoms with Crippen molar-refractivity contribution < 1.29 is 4.79 Å². The molecule has 1 atom stereocenters. The normalized spacial score (nSPS) is 17.2. The zero-order valence-corrected chi connectivity index (χ0v) is 12.5. The number of carbonyl (C=O) groups is 1. The summed E-state index contributed by atoms with van der Waals surface area (Å²) in [6.07, 6.45) is 0.850. The van der Waals surface area contributed by atoms with E-state index in [-0.39, 0.29) is 11.9 Å². The van der Waals surface area contributed by atoms with Crippen LogP contribution in [0.2, 0.25) is 5.02 Å². The van der Waals surface area contributed by atoms with E-state index >= 15 is 0 Å². The lowest BCUT2D eigenvalue weighted by atomic mass is 10.0. The topological polar surface area (TPSA) is 54.0 Å². The van der Waals surface area contributed by atoms with Crippen LogP contribution in [0.1, 0.15) is 34.1 Å². The SMILES string of the molecule is Cc1nsc2c1C(NC(=O)c1ccccc1Cl)CCN2. The van der Waals surface area contributed by atoms with Gasteiger partial charge in [-0.1, -0.05) is 23.7 Å². The third-order valence-corrected chi connectivity index (χ3v) is 4.64. The van der Waals surface area contributed by atoms with Gasteiger partial charge in [0.25, 0.3) is 5.91 Å². The number of hydrogen-bond donors (Lipinski definition) is 2. The molecule has 0 fully saturated rings. The molecule has 0 spiro atoms. The van der Waals surface area contributed by atoms with Crippen LogP contribution in [0.25, 0.3) is 0 Å². The molecule has 2 N–H and O–H groups in total. The number of nitrogens with zero attached hydrogens (tertiary/aromatic N) is 1. The van der Waals surface area contributed by atoms with Crippen LogP contribution in [-0.4, -0.2) is 16.8 Å². The Morgan fingerprint density at radius 1 is 1.50 bits per heavy atom. The van der Waals surface area contributed by atoms with Crippen molar-refractivity contribution >= 4 is 34.0 Å². The quantitative estimate of drug-likeness (QED) is 0.894. The molecule has 0 aliphatic carbocycles. The van der Waals surface area contributed by atoms with Crippen LogP contribution in [0.5, 0.6) is 0 Å². The summed E-state index contributed by atoms with van der Waals surface area (Å²) in [5.74, 6) is -0.140. The van der Waals surface area contributed by atoms with E-state index in [1.807, 2.05) is 19.1 Å². The summed E-state index contributed by atoms with van der Waals surface area (Å²) in [6, 6.07) is 7.08. The number of rotatable bonds is 2. The second-order valence-electron chi connectivity index (χ2n) is 4.73. The largest absolute Gasteiger partial charge is 0.375 e. The summed E-state index contributed by atoms with van der Waals surface area (Å²) in [7, 11) is 0. The zero-order valence-electron chi connectivity index (χ0n) is 10.9. The molecule has 2 aromatic rings. The summed E-state index contributed by atoms with van der Waals surface area (Å²) >= 11 is 7.51. The molecule has 6 heteroatoms. The molecule has 0 saturated heterocycles. The lowest BCUT2D eigenvalue weighted by Crippen LogP contribution is -2.32. The Hall–Kier alpha value is -1.59. The van der Waals surface area contributed by atoms with Gasteiger partial charge in [0.15, 0.2) is 0 Å². The van der Waals surface area contributed by atoms with Gasteiger partial charge < -0.3 is 10.6 Å². The molecule has 3 rings (SSSR count). The average Bonchev–Trinajstić information content (AvgIpc) is 2.82. The van der Waals surface area contributed by atoms with Crippen molar-refractivity contribution in [2.45, 2.75) is 19.4 Å². The first kappa shape index (κ1) is 13.4. The maximum Gasteiger partial charge on any atom is 0.253 e. The van der Waals surface area contributed by atoms with E-state index in [9.17, 15) is 4.79 Å². The molecule has 1 aliphatic rings. The van der Waals surface area contributed by atoms with Gasteiger partial charge in [0, 0.05) is 12.1 Å². The average molecular weight is 308 g/mol. The fraction of sp³-hybridized carbons (Fsp3) is 0.286. The van der Waals surface area contributed by atoms with Gasteiger partial charge in [-0.15, -0.1) is 0 Å². The molecular weight excluding hydrogens is 294 g/mol. The van der Waals surface area contributed by atoms with E-state index in [0.717, 1.165) is 29.2 Å². The Balaban J connectivity index is 1.84. The molecule has 0 saturated carbocycles. The van der Waals surface area contributed by atoms with Gasteiger partial charge >= 0.3 is 0 Å². The molecule has 0 bridgehead atoms. The third-order valence-electron chi connectivity index (χ3n) is 3.40. The van der Waals surface area contributed by atoms with Crippen LogP contribution < -0.4 is 10.6 Å². The first-order valence-corrected chi connectivity index (χ1v) is 7.57. The predicted octanol–water partition coefficient (Wildman–Crippen LogP) is 3.39. The number of anilines is 1. The Morgan fingerprint density at radius 2 is 2.30 bits per heavy atom. The third kappa shape index (κ3) is 2.39. The minimum Gasteiger partial charge on any atom is -0.375 e. The van der Waals surface area contributed by atoms with E-state index in [4.69, 9.17) is 11.6 Å². The number of fused-ring (bicyclic) bond motifs is 1. The number of hydrogen-bond acceptors (Lipinski definition) is 4. The van der Waals surface area contributed by atoms with Crippen molar-refractivity contribution in [3.8, 4) is 0 Å². The second kappa shape index (κ2) is 5.42. The van der Waals surface area contributed by atoms with Crippen molar-refractivity contribution in [2.75, 3.05) is 11.9 Å². The fourth-order valence-electron chi connectivity index (χ4n) is 2.41. The van der Waals surface area contributed by atoms with E-state index < -0.39 is 0 Å². The molecule has 4 nitrogen and oxygen atoms in total. The van der Waals surface area contributed by atoms with Crippen molar-refractivity contribution in [3.05, 3.63) is 46.1 Å². The first-order chi connectivity index (χ1) is 9.66. The summed E-state index contributed by atoms with van der Waals surface area (Å²) in [6.45, 7) is 2.80. The molecule has 104 valence electrons. The zero-order chi connectivity index (χ0) is 14.1. The van der Waals surface area contributed by atoms with Crippen molar-refractivity contribution in [2.24, 2.45) is 0 Å². The Kier molecular flexibility index (Phi) is 3.63. The molecule has 2 heterocycles. The molecule has 1 aliphatic heterocycles. The van der Waals surface area contributed by atoms with Crippen LogP contribution in [0.4, 0.5) is 5.00 Å². The highest BCUT2D eigenvalue weighted by molar-refractivity contribution is 7.10. The molecule has 1 unspecified atom stereocenters. The second-order valence-corrected chi connectivity index (χ2v) is 5.91. The van der Waals surface area contributed by atoms with Crippen LogP contribution >= 0.6 is 23.1 Å². The van der Waals surface area contributed by atoms with Gasteiger partial charge in [-0.25, -0.2) is 0 Å². The number of amides is 1. The first-order valence-electron chi connectivity index (χ1n) is 6.42. The minimum absolute atomic E-state index is 0.00577. The van der Waals surface area contributed by atoms with Gasteiger partial charge in [-0.3, -0.25) is 4.79 Å². The smallest absolute Gasteiger partial charge is 0.253 e. The van der Waals surface area contributed by atoms with Gasteiger partial charge in [0.2, 0.25) is 0 Å². The van der Waals surface area contributed by atoms with E-state index in [1.165, 1.54) is 11.5 Å². The number of aromatic nitrogens is 1. The molecule has 1 aromatic heterocycles. The van der Waals surface area contributed by atoms with E-state index in [1.54, 1.807) is 12.1 Å². The Morgan fingerprint density at radius 3 is 3.10 bits per heavy atom. The van der Waals surface area contributed by atoms with Crippen molar-refractivity contribution in [3.63, 3.8) is 0 Å². The molecule has 20 heavy (non-hydrogen) atoms. The van der Waals surface area contributed by atoms with Crippen molar-refractivity contribution in [1.29, 1.82) is 0 Å². The van der Waals surface area contributed by atoms with E-state index in [2.05, 4.69) is 15.0 Å². The summed E-state index contributed by atoms with van der Waals surface area (Å²) < 4.78 is 4.35. The predicted molar refractivity (Wildman–Crippen MR) is 81.6 cm³/mol. The maximum atomic E-state index is 12.3. The highest BCUT2D eigenvalue weighted by Gasteiger charge is 2.26. The van der Waals surface area contributed by atoms with E-state index in [0.29, 0.717) is 10.6 Å². The van der Waals surface area contributed by atoms with Crippen molar-refractivity contribution in [1.82, 2.24) is 9.69 Å². The van der Waals surface area contributed by atoms with Gasteiger partial charge in [-0.05, 0) is 37.0 Å². The lowest BCUT2D eigenvalue weighted by Gasteiger charge is -2.25. The molecule has 1 amide bonds. The number of halogens is 1. The van der Waals surface area contributed by atoms with Crippen LogP contribution in [0.3, 0.4) is 0 Å². The summed E-state index contributed by atoms with van der Waals surface area (Å²) in [5, 5.41) is 7.90. The van der Waals surface area contributed by atoms with Gasteiger partial charge in [-0.2, -0.15) is 4.37 Å². The van der Waals surface area contributed by atoms with Gasteiger partial charge in [0.1, 0.15) is 5.00 Å². The van der Waals surface area contributed by atoms with Gasteiger partial charge in [0.05, 0.1) is 22.3 Å². The number of nitrogens with one attached hydrogen (secondary N) is 2. The monoisotopic (exact) mass is 307 g/mol. The summed E-state index contributed by atoms with van der Waals surface area (Å²) in [5.41, 5.74) is 2.58. The molecule has 0 radical (unpaired) electrons. The van der Waals surface area contributed by atoms with Crippen LogP contribution in [0.15, 0.2) is 24.3 Å². The maximum absolute atomic E-state index is 12.3. The highest BCUT2D eigenvalue weighted by atomic mass is 35.5. The number of aryl methyl sites for hydroxylation is 1. The Bertz CT molecular complexity index is 656. The molecular formula is C14H14ClN3OS. The lowest BCUT2D eigenvalue weighted by molar-refractivity contribution is 0.0935. The van der Waals surface area contributed by atoms with Crippen LogP contribution in [-0.2, 0) is 0 Å². The number of carbonyl (C=O) groups excluding carboxylic acids is 1. The standard InChI is InChI=1S/C14H14ClN3OS/c1-8-12-11(6-7-16-14(12)20-18-8)17-13(19)9-4-2-3-5-10(9)15/h2-5,11,16H,6-7H2,1H3,(H,17,19). The number of benzene rings is 1. The minimum atomic E-state index is -0.140. The Labute approximate surface area is 126 Å². The summed E-state index contributed by atoms with van der Waals surface area (Å²) in [4.78, 5) is 12.3. The van der Waals surface area contributed by atoms with Crippen LogP contribution in [0, 0.1) is 6.92 Å². The fourth-order valence-corrected chi connectivity index (χ4v) is 3.52.